The molecule has 0 aliphatic rings. The lowest BCUT2D eigenvalue weighted by molar-refractivity contribution is 0.0492. The molecule has 0 fully saturated rings. The summed E-state index contributed by atoms with van der Waals surface area (Å²) in [5.74, 6) is -0.317. The van der Waals surface area contributed by atoms with E-state index < -0.39 is 0 Å². The van der Waals surface area contributed by atoms with Crippen molar-refractivity contribution in [2.24, 2.45) is 0 Å². The zero-order valence-electron chi connectivity index (χ0n) is 9.29. The van der Waals surface area contributed by atoms with Crippen LogP contribution in [-0.4, -0.2) is 17.6 Å². The van der Waals surface area contributed by atoms with Gasteiger partial charge in [0.25, 0.3) is 0 Å². The van der Waals surface area contributed by atoms with E-state index >= 15 is 0 Å². The second-order valence-electron chi connectivity index (χ2n) is 3.72. The minimum atomic E-state index is -0.317. The van der Waals surface area contributed by atoms with Crippen LogP contribution in [-0.2, 0) is 4.74 Å². The molecule has 4 heteroatoms. The minimum absolute atomic E-state index is 0.317. The fraction of sp³-hybridized carbons (Fsp3) is 0.417. The summed E-state index contributed by atoms with van der Waals surface area (Å²) in [6, 6.07) is 3.45. The molecule has 16 heavy (non-hydrogen) atoms. The number of rotatable bonds is 5. The van der Waals surface area contributed by atoms with E-state index in [0.29, 0.717) is 17.9 Å². The second-order valence-corrected chi connectivity index (χ2v) is 3.72. The average molecular weight is 221 g/mol. The molecule has 0 aliphatic heterocycles. The number of hydrogen-bond acceptors (Lipinski definition) is 3. The summed E-state index contributed by atoms with van der Waals surface area (Å²) < 4.78 is 10.3. The number of unbranched alkanes of at least 4 members (excludes halogenated alkanes) is 2. The number of ether oxygens (including phenoxy) is 1. The fourth-order valence-electron chi connectivity index (χ4n) is 1.55. The first-order chi connectivity index (χ1) is 7.81. The first-order valence-electron chi connectivity index (χ1n) is 5.54. The van der Waals surface area contributed by atoms with E-state index in [0.717, 1.165) is 24.8 Å². The highest BCUT2D eigenvalue weighted by atomic mass is 16.5. The van der Waals surface area contributed by atoms with Crippen LogP contribution in [0.25, 0.3) is 11.1 Å². The Bertz CT molecular complexity index is 441. The third-order valence-corrected chi connectivity index (χ3v) is 2.44. The molecule has 0 amide bonds. The Balaban J connectivity index is 1.92. The summed E-state index contributed by atoms with van der Waals surface area (Å²) in [5, 5.41) is 0. The summed E-state index contributed by atoms with van der Waals surface area (Å²) in [7, 11) is 0. The molecule has 0 spiro atoms. The highest BCUT2D eigenvalue weighted by molar-refractivity contribution is 5.93. The molecule has 0 atom stereocenters. The number of aromatic amines is 1. The van der Waals surface area contributed by atoms with Crippen molar-refractivity contribution in [2.75, 3.05) is 6.61 Å². The van der Waals surface area contributed by atoms with Gasteiger partial charge in [0, 0.05) is 12.1 Å². The van der Waals surface area contributed by atoms with Crippen molar-refractivity contribution < 1.29 is 13.9 Å². The van der Waals surface area contributed by atoms with Crippen LogP contribution in [0.1, 0.15) is 36.7 Å². The molecule has 2 aromatic rings. The minimum Gasteiger partial charge on any atom is -0.463 e. The van der Waals surface area contributed by atoms with Crippen molar-refractivity contribution in [3.8, 4) is 0 Å². The maximum Gasteiger partial charge on any atom is 0.354 e. The number of carbonyl (C=O) groups is 1. The quantitative estimate of drug-likeness (QED) is 0.623. The predicted octanol–water partition coefficient (Wildman–Crippen LogP) is 3.11. The molecule has 0 saturated carbocycles. The van der Waals surface area contributed by atoms with Crippen molar-refractivity contribution in [1.82, 2.24) is 4.98 Å². The summed E-state index contributed by atoms with van der Waals surface area (Å²) in [6.07, 6.45) is 4.70. The summed E-state index contributed by atoms with van der Waals surface area (Å²) in [5.41, 5.74) is 1.95. The Morgan fingerprint density at radius 1 is 1.50 bits per heavy atom. The lowest BCUT2D eigenvalue weighted by atomic mass is 10.3. The fourth-order valence-corrected chi connectivity index (χ4v) is 1.55. The molecule has 1 N–H and O–H groups in total. The maximum atomic E-state index is 11.6. The van der Waals surface area contributed by atoms with Gasteiger partial charge in [-0.3, -0.25) is 0 Å². The topological polar surface area (TPSA) is 55.2 Å². The lowest BCUT2D eigenvalue weighted by Crippen LogP contribution is -2.06. The lowest BCUT2D eigenvalue weighted by Gasteiger charge is -2.01. The van der Waals surface area contributed by atoms with E-state index in [1.807, 2.05) is 0 Å². The number of esters is 1. The van der Waals surface area contributed by atoms with Crippen LogP contribution >= 0.6 is 0 Å². The highest BCUT2D eigenvalue weighted by Crippen LogP contribution is 2.16. The largest absolute Gasteiger partial charge is 0.463 e. The van der Waals surface area contributed by atoms with Crippen LogP contribution < -0.4 is 0 Å². The van der Waals surface area contributed by atoms with Gasteiger partial charge in [-0.15, -0.1) is 0 Å². The van der Waals surface area contributed by atoms with Gasteiger partial charge in [-0.25, -0.2) is 4.79 Å². The van der Waals surface area contributed by atoms with Crippen LogP contribution in [0.15, 0.2) is 22.8 Å². The summed E-state index contributed by atoms with van der Waals surface area (Å²) in [4.78, 5) is 14.5. The number of H-pyrrole nitrogens is 1. The SMILES string of the molecule is CCCCCOC(=O)c1cc2occc2[nH]1. The molecule has 4 nitrogen and oxygen atoms in total. The third kappa shape index (κ3) is 2.27. The van der Waals surface area contributed by atoms with Gasteiger partial charge in [0.1, 0.15) is 5.69 Å². The number of nitrogens with one attached hydrogen (secondary N) is 1. The van der Waals surface area contributed by atoms with E-state index in [1.54, 1.807) is 18.4 Å². The van der Waals surface area contributed by atoms with E-state index in [-0.39, 0.29) is 5.97 Å². The molecule has 0 aromatic carbocycles. The maximum absolute atomic E-state index is 11.6. The van der Waals surface area contributed by atoms with E-state index in [4.69, 9.17) is 9.15 Å². The van der Waals surface area contributed by atoms with Gasteiger partial charge in [-0.05, 0) is 6.42 Å². The molecule has 0 aliphatic carbocycles. The molecule has 2 aromatic heterocycles. The van der Waals surface area contributed by atoms with Gasteiger partial charge in [0.2, 0.25) is 0 Å². The average Bonchev–Trinajstić information content (AvgIpc) is 2.83. The van der Waals surface area contributed by atoms with Crippen LogP contribution in [0.3, 0.4) is 0 Å². The van der Waals surface area contributed by atoms with Crippen LogP contribution in [0.5, 0.6) is 0 Å². The normalized spacial score (nSPS) is 10.8. The molecule has 86 valence electrons. The van der Waals surface area contributed by atoms with Gasteiger partial charge in [0.05, 0.1) is 18.4 Å². The Hall–Kier alpha value is -1.71. The summed E-state index contributed by atoms with van der Waals surface area (Å²) in [6.45, 7) is 2.59. The van der Waals surface area contributed by atoms with Crippen molar-refractivity contribution in [3.63, 3.8) is 0 Å². The Labute approximate surface area is 93.6 Å². The van der Waals surface area contributed by atoms with Crippen LogP contribution in [0.2, 0.25) is 0 Å². The first kappa shape index (κ1) is 10.8. The van der Waals surface area contributed by atoms with Gasteiger partial charge in [-0.2, -0.15) is 0 Å². The van der Waals surface area contributed by atoms with Crippen LogP contribution in [0, 0.1) is 0 Å². The van der Waals surface area contributed by atoms with Gasteiger partial charge in [0.15, 0.2) is 5.58 Å². The first-order valence-corrected chi connectivity index (χ1v) is 5.54. The van der Waals surface area contributed by atoms with E-state index in [9.17, 15) is 4.79 Å². The molecule has 0 bridgehead atoms. The molecule has 0 unspecified atom stereocenters. The molecule has 0 radical (unpaired) electrons. The predicted molar refractivity (Wildman–Crippen MR) is 60.4 cm³/mol. The zero-order chi connectivity index (χ0) is 11.4. The highest BCUT2D eigenvalue weighted by Gasteiger charge is 2.11. The standard InChI is InChI=1S/C12H15NO3/c1-2-3-4-6-16-12(14)10-8-11-9(13-10)5-7-15-11/h5,7-8,13H,2-4,6H2,1H3. The Morgan fingerprint density at radius 2 is 2.38 bits per heavy atom. The van der Waals surface area contributed by atoms with Gasteiger partial charge in [-0.1, -0.05) is 19.8 Å². The summed E-state index contributed by atoms with van der Waals surface area (Å²) >= 11 is 0. The van der Waals surface area contributed by atoms with Crippen molar-refractivity contribution >= 4 is 17.1 Å². The van der Waals surface area contributed by atoms with E-state index in [1.165, 1.54) is 0 Å². The second kappa shape index (κ2) is 4.88. The van der Waals surface area contributed by atoms with Crippen molar-refractivity contribution in [1.29, 1.82) is 0 Å². The molecular weight excluding hydrogens is 206 g/mol. The number of fused-ring (bicyclic) bond motifs is 1. The molecule has 2 heterocycles. The van der Waals surface area contributed by atoms with Crippen molar-refractivity contribution in [2.45, 2.75) is 26.2 Å². The Morgan fingerprint density at radius 3 is 3.12 bits per heavy atom. The monoisotopic (exact) mass is 221 g/mol. The number of aromatic nitrogens is 1. The zero-order valence-corrected chi connectivity index (χ0v) is 9.29. The molecular formula is C12H15NO3. The van der Waals surface area contributed by atoms with Gasteiger partial charge < -0.3 is 14.1 Å². The Kier molecular flexibility index (Phi) is 3.29. The van der Waals surface area contributed by atoms with Crippen molar-refractivity contribution in [3.05, 3.63) is 24.1 Å². The smallest absolute Gasteiger partial charge is 0.354 e. The number of carbonyl (C=O) groups excluding carboxylic acids is 1. The third-order valence-electron chi connectivity index (χ3n) is 2.44. The van der Waals surface area contributed by atoms with Gasteiger partial charge >= 0.3 is 5.97 Å². The molecule has 0 saturated heterocycles. The number of furan rings is 1. The van der Waals surface area contributed by atoms with E-state index in [2.05, 4.69) is 11.9 Å². The molecule has 2 rings (SSSR count). The van der Waals surface area contributed by atoms with Crippen LogP contribution in [0.4, 0.5) is 0 Å². The number of hydrogen-bond donors (Lipinski definition) is 1.